The number of carbonyl (C=O) groups excluding carboxylic acids is 2. The van der Waals surface area contributed by atoms with Gasteiger partial charge in [-0.1, -0.05) is 42.4 Å². The minimum absolute atomic E-state index is 0.124. The lowest BCUT2D eigenvalue weighted by atomic mass is 10.0. The second-order valence-electron chi connectivity index (χ2n) is 7.59. The Morgan fingerprint density at radius 2 is 1.91 bits per heavy atom. The summed E-state index contributed by atoms with van der Waals surface area (Å²) < 4.78 is 7.03. The van der Waals surface area contributed by atoms with E-state index >= 15 is 0 Å². The summed E-state index contributed by atoms with van der Waals surface area (Å²) in [7, 11) is 1.32. The maximum atomic E-state index is 12.8. The molecular weight excluding hydrogens is 524 g/mol. The molecule has 0 spiro atoms. The highest BCUT2D eigenvalue weighted by atomic mass is 35.5. The van der Waals surface area contributed by atoms with Crippen molar-refractivity contribution in [1.29, 1.82) is 0 Å². The van der Waals surface area contributed by atoms with Crippen LogP contribution in [0.5, 0.6) is 0 Å². The first kappa shape index (κ1) is 25.4. The molecule has 0 saturated heterocycles. The third kappa shape index (κ3) is 5.78. The number of methoxy groups -OCH3 is 1. The number of thioether (sulfide) groups is 1. The van der Waals surface area contributed by atoms with Crippen LogP contribution in [0.25, 0.3) is 22.5 Å². The molecule has 11 heteroatoms. The van der Waals surface area contributed by atoms with Crippen LogP contribution in [0.1, 0.15) is 28.6 Å². The smallest absolute Gasteiger partial charge is 0.341 e. The Labute approximate surface area is 220 Å². The number of aryl methyl sites for hydroxylation is 1. The van der Waals surface area contributed by atoms with E-state index < -0.39 is 5.97 Å². The number of aromatic nitrogens is 3. The van der Waals surface area contributed by atoms with E-state index in [0.717, 1.165) is 29.9 Å². The van der Waals surface area contributed by atoms with Gasteiger partial charge in [0.1, 0.15) is 10.6 Å². The predicted octanol–water partition coefficient (Wildman–Crippen LogP) is 6.62. The summed E-state index contributed by atoms with van der Waals surface area (Å²) in [4.78, 5) is 26.6. The number of hydrogen-bond donors (Lipinski definition) is 1. The molecule has 0 aliphatic rings. The number of anilines is 1. The van der Waals surface area contributed by atoms with Crippen LogP contribution in [-0.2, 0) is 16.1 Å². The van der Waals surface area contributed by atoms with Crippen LogP contribution in [0.2, 0.25) is 5.02 Å². The van der Waals surface area contributed by atoms with Gasteiger partial charge in [-0.05, 0) is 37.1 Å². The van der Waals surface area contributed by atoms with Gasteiger partial charge >= 0.3 is 5.97 Å². The molecule has 4 rings (SSSR count). The number of amides is 1. The maximum Gasteiger partial charge on any atom is 0.341 e. The van der Waals surface area contributed by atoms with Gasteiger partial charge < -0.3 is 14.6 Å². The molecular formula is C24H23ClN4O3S3. The zero-order chi connectivity index (χ0) is 24.9. The third-order valence-electron chi connectivity index (χ3n) is 5.07. The fraction of sp³-hybridized carbons (Fsp3) is 0.250. The van der Waals surface area contributed by atoms with Gasteiger partial charge in [0.2, 0.25) is 5.91 Å². The predicted molar refractivity (Wildman–Crippen MR) is 144 cm³/mol. The van der Waals surface area contributed by atoms with Crippen LogP contribution in [0.15, 0.2) is 46.2 Å². The molecule has 0 bridgehead atoms. The fourth-order valence-corrected chi connectivity index (χ4v) is 6.03. The summed E-state index contributed by atoms with van der Waals surface area (Å²) in [6.07, 6.45) is 0.916. The first-order valence-electron chi connectivity index (χ1n) is 10.8. The monoisotopic (exact) mass is 546 g/mol. The maximum absolute atomic E-state index is 12.8. The molecule has 0 aliphatic carbocycles. The molecule has 0 unspecified atom stereocenters. The number of benzene rings is 1. The summed E-state index contributed by atoms with van der Waals surface area (Å²) in [5.74, 6) is 0.165. The van der Waals surface area contributed by atoms with E-state index in [1.54, 1.807) is 23.5 Å². The number of thiophene rings is 2. The number of esters is 1. The quantitative estimate of drug-likeness (QED) is 0.187. The highest BCUT2D eigenvalue weighted by Gasteiger charge is 2.23. The molecule has 0 radical (unpaired) electrons. The lowest BCUT2D eigenvalue weighted by Crippen LogP contribution is -2.16. The first-order valence-corrected chi connectivity index (χ1v) is 13.9. The Morgan fingerprint density at radius 1 is 1.14 bits per heavy atom. The second-order valence-corrected chi connectivity index (χ2v) is 11.0. The Morgan fingerprint density at radius 3 is 2.57 bits per heavy atom. The topological polar surface area (TPSA) is 86.1 Å². The molecule has 4 aromatic rings. The number of nitrogens with one attached hydrogen (secondary N) is 1. The first-order chi connectivity index (χ1) is 16.9. The largest absolute Gasteiger partial charge is 0.465 e. The average Bonchev–Trinajstić information content (AvgIpc) is 3.57. The molecule has 3 aromatic heterocycles. The van der Waals surface area contributed by atoms with E-state index in [1.807, 2.05) is 22.1 Å². The highest BCUT2D eigenvalue weighted by molar-refractivity contribution is 7.99. The molecule has 1 N–H and O–H groups in total. The highest BCUT2D eigenvalue weighted by Crippen LogP contribution is 2.37. The van der Waals surface area contributed by atoms with Crippen LogP contribution < -0.4 is 5.32 Å². The second kappa shape index (κ2) is 11.4. The number of halogens is 1. The van der Waals surface area contributed by atoms with Crippen molar-refractivity contribution in [2.45, 2.75) is 32.0 Å². The van der Waals surface area contributed by atoms with Gasteiger partial charge in [-0.3, -0.25) is 4.79 Å². The van der Waals surface area contributed by atoms with Crippen LogP contribution >= 0.6 is 46.0 Å². The van der Waals surface area contributed by atoms with Crippen LogP contribution in [0.3, 0.4) is 0 Å². The zero-order valence-electron chi connectivity index (χ0n) is 19.3. The van der Waals surface area contributed by atoms with Gasteiger partial charge in [-0.25, -0.2) is 4.79 Å². The van der Waals surface area contributed by atoms with E-state index in [2.05, 4.69) is 40.8 Å². The summed E-state index contributed by atoms with van der Waals surface area (Å²) in [5, 5.41) is 17.2. The molecule has 0 saturated carbocycles. The molecule has 0 fully saturated rings. The van der Waals surface area contributed by atoms with Crippen LogP contribution in [0, 0.1) is 6.92 Å². The lowest BCUT2D eigenvalue weighted by Gasteiger charge is -2.09. The van der Waals surface area contributed by atoms with Crippen molar-refractivity contribution >= 4 is 62.9 Å². The van der Waals surface area contributed by atoms with Crippen LogP contribution in [-0.4, -0.2) is 39.5 Å². The van der Waals surface area contributed by atoms with E-state index in [0.29, 0.717) is 26.3 Å². The number of rotatable bonds is 9. The Bertz CT molecular complexity index is 1340. The van der Waals surface area contributed by atoms with Gasteiger partial charge in [0.15, 0.2) is 11.0 Å². The van der Waals surface area contributed by atoms with E-state index in [1.165, 1.54) is 35.1 Å². The van der Waals surface area contributed by atoms with Gasteiger partial charge in [-0.15, -0.1) is 32.9 Å². The normalized spacial score (nSPS) is 11.0. The minimum atomic E-state index is -0.516. The van der Waals surface area contributed by atoms with Gasteiger partial charge in [0, 0.05) is 38.3 Å². The zero-order valence-corrected chi connectivity index (χ0v) is 22.5. The standard InChI is InChI=1S/C24H23ClN4O3S3/c1-4-9-29-21(16-10-14(2)33-11-16)27-28-24(29)35-13-19(30)26-22-20(23(31)32-3)18(12-34-22)15-5-7-17(25)8-6-15/h5-8,10-12H,4,9,13H2,1-3H3,(H,26,30). The number of nitrogens with zero attached hydrogens (tertiary/aromatic N) is 3. The van der Waals surface area contributed by atoms with Crippen molar-refractivity contribution in [3.63, 3.8) is 0 Å². The molecule has 35 heavy (non-hydrogen) atoms. The molecule has 3 heterocycles. The summed E-state index contributed by atoms with van der Waals surface area (Å²) >= 11 is 10.3. The Hall–Kier alpha value is -2.66. The Kier molecular flexibility index (Phi) is 8.27. The van der Waals surface area contributed by atoms with Gasteiger partial charge in [-0.2, -0.15) is 0 Å². The average molecular weight is 547 g/mol. The van der Waals surface area contributed by atoms with E-state index in [-0.39, 0.29) is 11.7 Å². The minimum Gasteiger partial charge on any atom is -0.465 e. The molecule has 1 aromatic carbocycles. The van der Waals surface area contributed by atoms with E-state index in [9.17, 15) is 9.59 Å². The van der Waals surface area contributed by atoms with Crippen LogP contribution in [0.4, 0.5) is 5.00 Å². The van der Waals surface area contributed by atoms with Crippen molar-refractivity contribution in [1.82, 2.24) is 14.8 Å². The number of hydrogen-bond acceptors (Lipinski definition) is 8. The molecule has 182 valence electrons. The summed E-state index contributed by atoms with van der Waals surface area (Å²) in [6, 6.07) is 9.24. The van der Waals surface area contributed by atoms with Crippen molar-refractivity contribution in [3.05, 3.63) is 56.6 Å². The van der Waals surface area contributed by atoms with Gasteiger partial charge in [0.05, 0.1) is 12.9 Å². The summed E-state index contributed by atoms with van der Waals surface area (Å²) in [6.45, 7) is 4.90. The Balaban J connectivity index is 1.51. The molecule has 0 atom stereocenters. The van der Waals surface area contributed by atoms with Crippen molar-refractivity contribution in [2.75, 3.05) is 18.2 Å². The number of ether oxygens (including phenoxy) is 1. The van der Waals surface area contributed by atoms with Gasteiger partial charge in [0.25, 0.3) is 0 Å². The van der Waals surface area contributed by atoms with Crippen molar-refractivity contribution < 1.29 is 14.3 Å². The lowest BCUT2D eigenvalue weighted by molar-refractivity contribution is -0.113. The number of carbonyl (C=O) groups is 2. The van der Waals surface area contributed by atoms with Crippen molar-refractivity contribution in [3.8, 4) is 22.5 Å². The third-order valence-corrected chi connectivity index (χ3v) is 8.05. The summed E-state index contributed by atoms with van der Waals surface area (Å²) in [5.41, 5.74) is 2.84. The fourth-order valence-electron chi connectivity index (χ4n) is 3.48. The molecule has 1 amide bonds. The molecule has 0 aliphatic heterocycles. The SMILES string of the molecule is CCCn1c(SCC(=O)Nc2scc(-c3ccc(Cl)cc3)c2C(=O)OC)nnc1-c1csc(C)c1. The molecule has 7 nitrogen and oxygen atoms in total. The van der Waals surface area contributed by atoms with E-state index in [4.69, 9.17) is 16.3 Å². The van der Waals surface area contributed by atoms with Crippen molar-refractivity contribution in [2.24, 2.45) is 0 Å².